The molecule has 0 saturated carbocycles. The summed E-state index contributed by atoms with van der Waals surface area (Å²) in [4.78, 5) is 53.5. The normalized spacial score (nSPS) is 12.8. The SMILES string of the molecule is CCCNC(=O)CCCCn1c(=O)c2ccccc2n(CC(=O)N2CCOc3ccc(C)cc32)c1=O. The van der Waals surface area contributed by atoms with E-state index >= 15 is 0 Å². The average Bonchev–Trinajstić information content (AvgIpc) is 2.88. The Hall–Kier alpha value is -3.88. The number of fused-ring (bicyclic) bond motifs is 2. The van der Waals surface area contributed by atoms with Crippen molar-refractivity contribution in [1.29, 1.82) is 0 Å². The number of para-hydroxylation sites is 1. The molecule has 9 heteroatoms. The highest BCUT2D eigenvalue weighted by Crippen LogP contribution is 2.32. The first-order chi connectivity index (χ1) is 17.4. The minimum absolute atomic E-state index is 0.0354. The van der Waals surface area contributed by atoms with E-state index < -0.39 is 5.69 Å². The molecular weight excluding hydrogens is 460 g/mol. The molecule has 2 heterocycles. The number of nitrogens with zero attached hydrogens (tertiary/aromatic N) is 3. The summed E-state index contributed by atoms with van der Waals surface area (Å²) in [5.74, 6) is 0.340. The second-order valence-corrected chi connectivity index (χ2v) is 9.01. The molecule has 4 rings (SSSR count). The molecule has 0 radical (unpaired) electrons. The number of carbonyl (C=O) groups is 2. The number of aromatic nitrogens is 2. The highest BCUT2D eigenvalue weighted by molar-refractivity contribution is 5.96. The number of ether oxygens (including phenoxy) is 1. The number of unbranched alkanes of at least 4 members (excludes halogenated alkanes) is 1. The average molecular weight is 493 g/mol. The van der Waals surface area contributed by atoms with E-state index in [0.29, 0.717) is 61.3 Å². The van der Waals surface area contributed by atoms with E-state index in [1.54, 1.807) is 29.2 Å². The first-order valence-corrected chi connectivity index (χ1v) is 12.4. The lowest BCUT2D eigenvalue weighted by Gasteiger charge is -2.30. The Morgan fingerprint density at radius 2 is 1.86 bits per heavy atom. The highest BCUT2D eigenvalue weighted by atomic mass is 16.5. The van der Waals surface area contributed by atoms with Crippen LogP contribution in [-0.2, 0) is 22.7 Å². The van der Waals surface area contributed by atoms with Crippen molar-refractivity contribution in [2.24, 2.45) is 0 Å². The Labute approximate surface area is 209 Å². The van der Waals surface area contributed by atoms with Gasteiger partial charge in [0, 0.05) is 19.5 Å². The Balaban J connectivity index is 1.60. The summed E-state index contributed by atoms with van der Waals surface area (Å²) in [7, 11) is 0. The van der Waals surface area contributed by atoms with Crippen molar-refractivity contribution in [2.45, 2.75) is 52.6 Å². The first kappa shape index (κ1) is 25.2. The Bertz CT molecular complexity index is 1390. The van der Waals surface area contributed by atoms with E-state index in [1.165, 1.54) is 9.13 Å². The number of hydrogen-bond acceptors (Lipinski definition) is 5. The standard InChI is InChI=1S/C27H32N4O5/c1-3-13-28-24(32)10-6-7-14-30-26(34)20-8-4-5-9-21(20)31(27(30)35)18-25(33)29-15-16-36-23-12-11-19(2)17-22(23)29/h4-5,8-9,11-12,17H,3,6-7,10,13-16,18H2,1-2H3,(H,28,32). The van der Waals surface area contributed by atoms with Crippen LogP contribution in [0.5, 0.6) is 5.75 Å². The van der Waals surface area contributed by atoms with Crippen LogP contribution in [0.25, 0.3) is 10.9 Å². The van der Waals surface area contributed by atoms with Gasteiger partial charge in [-0.05, 0) is 56.0 Å². The smallest absolute Gasteiger partial charge is 0.331 e. The van der Waals surface area contributed by atoms with Crippen molar-refractivity contribution in [1.82, 2.24) is 14.5 Å². The second-order valence-electron chi connectivity index (χ2n) is 9.01. The molecule has 36 heavy (non-hydrogen) atoms. The lowest BCUT2D eigenvalue weighted by atomic mass is 10.1. The minimum Gasteiger partial charge on any atom is -0.490 e. The predicted molar refractivity (Wildman–Crippen MR) is 139 cm³/mol. The summed E-state index contributed by atoms with van der Waals surface area (Å²) >= 11 is 0. The van der Waals surface area contributed by atoms with Gasteiger partial charge in [0.05, 0.1) is 23.1 Å². The molecule has 0 spiro atoms. The van der Waals surface area contributed by atoms with Crippen molar-refractivity contribution in [3.8, 4) is 5.75 Å². The number of aryl methyl sites for hydroxylation is 1. The van der Waals surface area contributed by atoms with Gasteiger partial charge in [-0.3, -0.25) is 23.5 Å². The number of nitrogens with one attached hydrogen (secondary N) is 1. The summed E-state index contributed by atoms with van der Waals surface area (Å²) in [6.45, 7) is 5.28. The number of hydrogen-bond donors (Lipinski definition) is 1. The van der Waals surface area contributed by atoms with Gasteiger partial charge >= 0.3 is 5.69 Å². The number of carbonyl (C=O) groups excluding carboxylic acids is 2. The third-order valence-electron chi connectivity index (χ3n) is 6.31. The molecule has 2 aromatic carbocycles. The molecule has 3 aromatic rings. The zero-order valence-electron chi connectivity index (χ0n) is 20.8. The molecule has 1 N–H and O–H groups in total. The van der Waals surface area contributed by atoms with Crippen molar-refractivity contribution in [3.05, 3.63) is 68.9 Å². The fraction of sp³-hybridized carbons (Fsp3) is 0.407. The van der Waals surface area contributed by atoms with Crippen LogP contribution >= 0.6 is 0 Å². The molecular formula is C27H32N4O5. The van der Waals surface area contributed by atoms with Crippen LogP contribution in [-0.4, -0.2) is 40.6 Å². The summed E-state index contributed by atoms with van der Waals surface area (Å²) < 4.78 is 8.25. The monoisotopic (exact) mass is 492 g/mol. The number of benzene rings is 2. The largest absolute Gasteiger partial charge is 0.490 e. The van der Waals surface area contributed by atoms with Gasteiger partial charge in [0.15, 0.2) is 0 Å². The van der Waals surface area contributed by atoms with E-state index in [2.05, 4.69) is 5.32 Å². The van der Waals surface area contributed by atoms with Crippen LogP contribution < -0.4 is 26.2 Å². The molecule has 0 fully saturated rings. The van der Waals surface area contributed by atoms with E-state index in [-0.39, 0.29) is 30.5 Å². The molecule has 0 atom stereocenters. The topological polar surface area (TPSA) is 103 Å². The van der Waals surface area contributed by atoms with Crippen molar-refractivity contribution >= 4 is 28.4 Å². The molecule has 0 aliphatic carbocycles. The number of anilines is 1. The van der Waals surface area contributed by atoms with Crippen LogP contribution in [0.3, 0.4) is 0 Å². The lowest BCUT2D eigenvalue weighted by Crippen LogP contribution is -2.45. The zero-order chi connectivity index (χ0) is 25.7. The predicted octanol–water partition coefficient (Wildman–Crippen LogP) is 2.59. The third kappa shape index (κ3) is 5.35. The van der Waals surface area contributed by atoms with Crippen molar-refractivity contribution in [3.63, 3.8) is 0 Å². The summed E-state index contributed by atoms with van der Waals surface area (Å²) in [6, 6.07) is 12.5. The first-order valence-electron chi connectivity index (χ1n) is 12.4. The molecule has 0 saturated heterocycles. The fourth-order valence-corrected chi connectivity index (χ4v) is 4.44. The van der Waals surface area contributed by atoms with Gasteiger partial charge < -0.3 is 15.0 Å². The van der Waals surface area contributed by atoms with Gasteiger partial charge in [-0.1, -0.05) is 25.1 Å². The van der Waals surface area contributed by atoms with Gasteiger partial charge in [-0.2, -0.15) is 0 Å². The van der Waals surface area contributed by atoms with Crippen LogP contribution in [0, 0.1) is 6.92 Å². The zero-order valence-corrected chi connectivity index (χ0v) is 20.8. The fourth-order valence-electron chi connectivity index (χ4n) is 4.44. The molecule has 0 unspecified atom stereocenters. The second kappa shape index (κ2) is 11.2. The van der Waals surface area contributed by atoms with Crippen LogP contribution in [0.4, 0.5) is 5.69 Å². The maximum atomic E-state index is 13.4. The van der Waals surface area contributed by atoms with E-state index in [0.717, 1.165) is 12.0 Å². The maximum absolute atomic E-state index is 13.4. The molecule has 1 aliphatic rings. The molecule has 0 bridgehead atoms. The van der Waals surface area contributed by atoms with Gasteiger partial charge in [0.1, 0.15) is 18.9 Å². The van der Waals surface area contributed by atoms with Crippen molar-refractivity contribution in [2.75, 3.05) is 24.6 Å². The van der Waals surface area contributed by atoms with Crippen LogP contribution in [0.2, 0.25) is 0 Å². The Kier molecular flexibility index (Phi) is 7.87. The molecule has 2 amide bonds. The number of amides is 2. The van der Waals surface area contributed by atoms with E-state index in [9.17, 15) is 19.2 Å². The quantitative estimate of drug-likeness (QED) is 0.463. The van der Waals surface area contributed by atoms with Gasteiger partial charge in [-0.15, -0.1) is 0 Å². The summed E-state index contributed by atoms with van der Waals surface area (Å²) in [5, 5.41) is 3.20. The Morgan fingerprint density at radius 1 is 1.06 bits per heavy atom. The summed E-state index contributed by atoms with van der Waals surface area (Å²) in [6.07, 6.45) is 2.26. The molecule has 1 aromatic heterocycles. The molecule has 1 aliphatic heterocycles. The van der Waals surface area contributed by atoms with Crippen LogP contribution in [0.15, 0.2) is 52.1 Å². The highest BCUT2D eigenvalue weighted by Gasteiger charge is 2.25. The lowest BCUT2D eigenvalue weighted by molar-refractivity contribution is -0.121. The molecule has 9 nitrogen and oxygen atoms in total. The van der Waals surface area contributed by atoms with Gasteiger partial charge in [0.25, 0.3) is 5.56 Å². The third-order valence-corrected chi connectivity index (χ3v) is 6.31. The van der Waals surface area contributed by atoms with Crippen LogP contribution in [0.1, 0.15) is 38.2 Å². The minimum atomic E-state index is -0.528. The van der Waals surface area contributed by atoms with E-state index in [4.69, 9.17) is 4.74 Å². The number of rotatable bonds is 9. The maximum Gasteiger partial charge on any atom is 0.331 e. The van der Waals surface area contributed by atoms with Crippen molar-refractivity contribution < 1.29 is 14.3 Å². The van der Waals surface area contributed by atoms with E-state index in [1.807, 2.05) is 32.0 Å². The molecule has 190 valence electrons. The Morgan fingerprint density at radius 3 is 2.67 bits per heavy atom. The van der Waals surface area contributed by atoms with Gasteiger partial charge in [-0.25, -0.2) is 4.79 Å². The van der Waals surface area contributed by atoms with Gasteiger partial charge in [0.2, 0.25) is 11.8 Å². The summed E-state index contributed by atoms with van der Waals surface area (Å²) in [5.41, 5.74) is 1.19.